The molecule has 2 nitrogen and oxygen atoms in total. The second-order valence-electron chi connectivity index (χ2n) is 4.13. The number of hydrogen-bond donors (Lipinski definition) is 0. The summed E-state index contributed by atoms with van der Waals surface area (Å²) in [7, 11) is 2.16. The van der Waals surface area contributed by atoms with Crippen molar-refractivity contribution in [3.63, 3.8) is 0 Å². The largest absolute Gasteiger partial charge is 0.369 e. The maximum absolute atomic E-state index is 4.09. The second-order valence-corrected chi connectivity index (χ2v) is 4.13. The molecular weight excluding hydrogens is 184 g/mol. The summed E-state index contributed by atoms with van der Waals surface area (Å²) in [5, 5.41) is 0. The van der Waals surface area contributed by atoms with Gasteiger partial charge in [-0.15, -0.1) is 0 Å². The third-order valence-electron chi connectivity index (χ3n) is 2.88. The van der Waals surface area contributed by atoms with Gasteiger partial charge >= 0.3 is 0 Å². The van der Waals surface area contributed by atoms with E-state index in [1.165, 1.54) is 0 Å². The third-order valence-corrected chi connectivity index (χ3v) is 2.88. The van der Waals surface area contributed by atoms with E-state index in [-0.39, 0.29) is 0 Å². The lowest BCUT2D eigenvalue weighted by Crippen LogP contribution is -2.43. The lowest BCUT2D eigenvalue weighted by atomic mass is 10.2. The van der Waals surface area contributed by atoms with Gasteiger partial charge in [0.15, 0.2) is 0 Å². The normalized spacial score (nSPS) is 18.4. The monoisotopic (exact) mass is 206 g/mol. The smallest absolute Gasteiger partial charge is 0.0306 e. The number of rotatable bonds is 4. The Morgan fingerprint density at radius 3 is 2.27 bits per heavy atom. The number of allylic oxidation sites excluding steroid dienone is 3. The van der Waals surface area contributed by atoms with Crippen molar-refractivity contribution < 1.29 is 0 Å². The van der Waals surface area contributed by atoms with E-state index in [1.54, 1.807) is 0 Å². The van der Waals surface area contributed by atoms with Crippen molar-refractivity contribution in [1.29, 1.82) is 0 Å². The van der Waals surface area contributed by atoms with E-state index in [1.807, 2.05) is 0 Å². The van der Waals surface area contributed by atoms with Crippen LogP contribution in [-0.4, -0.2) is 43.0 Å². The van der Waals surface area contributed by atoms with E-state index in [2.05, 4.69) is 49.1 Å². The number of piperazine rings is 1. The molecule has 0 radical (unpaired) electrons. The molecule has 0 aromatic heterocycles. The van der Waals surface area contributed by atoms with Crippen molar-refractivity contribution in [2.45, 2.75) is 13.3 Å². The molecular formula is C13H22N2. The van der Waals surface area contributed by atoms with Crippen LogP contribution in [0.3, 0.4) is 0 Å². The van der Waals surface area contributed by atoms with Crippen LogP contribution in [-0.2, 0) is 0 Å². The highest BCUT2D eigenvalue weighted by Crippen LogP contribution is 2.09. The summed E-state index contributed by atoms with van der Waals surface area (Å²) >= 11 is 0. The van der Waals surface area contributed by atoms with Crippen molar-refractivity contribution in [3.8, 4) is 0 Å². The fourth-order valence-electron chi connectivity index (χ4n) is 1.53. The Balaban J connectivity index is 2.40. The van der Waals surface area contributed by atoms with E-state index >= 15 is 0 Å². The fourth-order valence-corrected chi connectivity index (χ4v) is 1.53. The molecule has 0 aromatic rings. The van der Waals surface area contributed by atoms with Crippen LogP contribution in [0.2, 0.25) is 0 Å². The van der Waals surface area contributed by atoms with Gasteiger partial charge in [-0.3, -0.25) is 0 Å². The molecule has 0 saturated carbocycles. The highest BCUT2D eigenvalue weighted by molar-refractivity contribution is 5.23. The van der Waals surface area contributed by atoms with Gasteiger partial charge in [-0.2, -0.15) is 0 Å². The predicted molar refractivity (Wildman–Crippen MR) is 66.8 cm³/mol. The average molecular weight is 206 g/mol. The Bertz CT molecular complexity index is 258. The third kappa shape index (κ3) is 3.92. The van der Waals surface area contributed by atoms with Gasteiger partial charge < -0.3 is 9.80 Å². The quantitative estimate of drug-likeness (QED) is 0.651. The van der Waals surface area contributed by atoms with Crippen molar-refractivity contribution in [2.75, 3.05) is 33.2 Å². The minimum atomic E-state index is 1.01. The van der Waals surface area contributed by atoms with E-state index in [0.717, 1.165) is 43.9 Å². The van der Waals surface area contributed by atoms with E-state index in [4.69, 9.17) is 0 Å². The Morgan fingerprint density at radius 2 is 1.73 bits per heavy atom. The molecule has 2 heteroatoms. The van der Waals surface area contributed by atoms with Gasteiger partial charge in [-0.1, -0.05) is 31.7 Å². The van der Waals surface area contributed by atoms with E-state index < -0.39 is 0 Å². The average Bonchev–Trinajstić information content (AvgIpc) is 2.26. The molecule has 1 aliphatic heterocycles. The molecule has 1 fully saturated rings. The lowest BCUT2D eigenvalue weighted by molar-refractivity contribution is 0.190. The van der Waals surface area contributed by atoms with Crippen LogP contribution in [0, 0.1) is 0 Å². The Hall–Kier alpha value is -1.02. The molecule has 1 heterocycles. The van der Waals surface area contributed by atoms with Crippen molar-refractivity contribution in [2.24, 2.45) is 0 Å². The molecule has 0 aliphatic carbocycles. The molecule has 84 valence electrons. The molecule has 0 amide bonds. The van der Waals surface area contributed by atoms with Crippen molar-refractivity contribution in [1.82, 2.24) is 9.80 Å². The topological polar surface area (TPSA) is 6.48 Å². The highest BCUT2D eigenvalue weighted by atomic mass is 15.2. The van der Waals surface area contributed by atoms with Gasteiger partial charge in [0.1, 0.15) is 0 Å². The van der Waals surface area contributed by atoms with Gasteiger partial charge in [0.2, 0.25) is 0 Å². The molecule has 0 N–H and O–H groups in total. The summed E-state index contributed by atoms with van der Waals surface area (Å²) in [6.07, 6.45) is 5.16. The summed E-state index contributed by atoms with van der Waals surface area (Å²) in [6.45, 7) is 14.6. The van der Waals surface area contributed by atoms with Gasteiger partial charge in [0, 0.05) is 31.9 Å². The maximum atomic E-state index is 4.09. The molecule has 0 unspecified atom stereocenters. The standard InChI is InChI=1S/C13H22N2/c1-5-12(2)6-7-13(3)15-10-8-14(4)9-11-15/h6-7H,2-3,5,8-11H2,1,4H3/b7-6-. The molecule has 1 saturated heterocycles. The predicted octanol–water partition coefficient (Wildman–Crippen LogP) is 2.27. The Morgan fingerprint density at radius 1 is 1.13 bits per heavy atom. The number of hydrogen-bond acceptors (Lipinski definition) is 2. The van der Waals surface area contributed by atoms with Gasteiger partial charge in [-0.05, 0) is 19.5 Å². The fraction of sp³-hybridized carbons (Fsp3) is 0.538. The Kier molecular flexibility index (Phi) is 4.63. The molecule has 0 bridgehead atoms. The molecule has 1 rings (SSSR count). The zero-order valence-corrected chi connectivity index (χ0v) is 10.00. The van der Waals surface area contributed by atoms with Crippen molar-refractivity contribution >= 4 is 0 Å². The molecule has 0 spiro atoms. The SMILES string of the molecule is C=C(/C=C\C(=C)N1CCN(C)CC1)CC. The highest BCUT2D eigenvalue weighted by Gasteiger charge is 2.13. The van der Waals surface area contributed by atoms with Crippen LogP contribution in [0.5, 0.6) is 0 Å². The van der Waals surface area contributed by atoms with Gasteiger partial charge in [0.25, 0.3) is 0 Å². The maximum Gasteiger partial charge on any atom is 0.0306 e. The summed E-state index contributed by atoms with van der Waals surface area (Å²) < 4.78 is 0. The first-order chi connectivity index (χ1) is 7.13. The van der Waals surface area contributed by atoms with Gasteiger partial charge in [0.05, 0.1) is 0 Å². The van der Waals surface area contributed by atoms with Crippen LogP contribution >= 0.6 is 0 Å². The van der Waals surface area contributed by atoms with Gasteiger partial charge in [-0.25, -0.2) is 0 Å². The molecule has 1 aliphatic rings. The Labute approximate surface area is 93.6 Å². The van der Waals surface area contributed by atoms with Crippen LogP contribution in [0.1, 0.15) is 13.3 Å². The van der Waals surface area contributed by atoms with Crippen molar-refractivity contribution in [3.05, 3.63) is 36.6 Å². The first kappa shape index (κ1) is 12.1. The minimum absolute atomic E-state index is 1.01. The summed E-state index contributed by atoms with van der Waals surface area (Å²) in [5.41, 5.74) is 2.27. The minimum Gasteiger partial charge on any atom is -0.369 e. The number of nitrogens with zero attached hydrogens (tertiary/aromatic N) is 2. The lowest BCUT2D eigenvalue weighted by Gasteiger charge is -2.34. The van der Waals surface area contributed by atoms with Crippen LogP contribution in [0.4, 0.5) is 0 Å². The molecule has 0 atom stereocenters. The summed E-state index contributed by atoms with van der Waals surface area (Å²) in [5.74, 6) is 0. The second kappa shape index (κ2) is 5.76. The van der Waals surface area contributed by atoms with Crippen LogP contribution < -0.4 is 0 Å². The zero-order valence-electron chi connectivity index (χ0n) is 10.00. The zero-order chi connectivity index (χ0) is 11.3. The van der Waals surface area contributed by atoms with E-state index in [0.29, 0.717) is 0 Å². The van der Waals surface area contributed by atoms with Crippen LogP contribution in [0.25, 0.3) is 0 Å². The molecule has 15 heavy (non-hydrogen) atoms. The number of likely N-dealkylation sites (N-methyl/N-ethyl adjacent to an activating group) is 1. The van der Waals surface area contributed by atoms with E-state index in [9.17, 15) is 0 Å². The summed E-state index contributed by atoms with van der Waals surface area (Å²) in [4.78, 5) is 4.68. The molecule has 0 aromatic carbocycles. The van der Waals surface area contributed by atoms with Crippen LogP contribution in [0.15, 0.2) is 36.6 Å². The summed E-state index contributed by atoms with van der Waals surface area (Å²) in [6, 6.07) is 0. The first-order valence-electron chi connectivity index (χ1n) is 5.61. The first-order valence-corrected chi connectivity index (χ1v) is 5.61.